The minimum atomic E-state index is -4.66. The van der Waals surface area contributed by atoms with Crippen molar-refractivity contribution < 1.29 is 18.0 Å². The van der Waals surface area contributed by atoms with Crippen LogP contribution in [0.5, 0.6) is 0 Å². The van der Waals surface area contributed by atoms with Crippen molar-refractivity contribution in [2.24, 2.45) is 0 Å². The minimum Gasteiger partial charge on any atom is -0.341 e. The number of carbonyl (C=O) groups is 1. The number of allylic oxidation sites excluding steroid dienone is 1. The molecule has 0 aromatic heterocycles. The second kappa shape index (κ2) is 5.72. The van der Waals surface area contributed by atoms with Crippen LogP contribution < -0.4 is 0 Å². The summed E-state index contributed by atoms with van der Waals surface area (Å²) in [5.74, 6) is -0.623. The first-order valence-electron chi connectivity index (χ1n) is 6.54. The average molecular weight is 328 g/mol. The van der Waals surface area contributed by atoms with Gasteiger partial charge in [-0.2, -0.15) is 13.2 Å². The Morgan fingerprint density at radius 2 is 1.73 bits per heavy atom. The van der Waals surface area contributed by atoms with Crippen LogP contribution in [-0.4, -0.2) is 41.0 Å². The van der Waals surface area contributed by atoms with Crippen molar-refractivity contribution in [3.05, 3.63) is 47.2 Å². The molecule has 0 saturated carbocycles. The number of thiocarbonyl (C=S) groups is 1. The maximum absolute atomic E-state index is 13.5. The maximum atomic E-state index is 13.5. The number of benzene rings is 1. The molecule has 118 valence electrons. The number of carbonyl (C=O) groups excluding carboxylic acids is 1. The number of hydrogen-bond acceptors (Lipinski definition) is 2. The lowest BCUT2D eigenvalue weighted by atomic mass is 9.91. The normalized spacial score (nSPS) is 19.7. The van der Waals surface area contributed by atoms with E-state index in [1.165, 1.54) is 11.9 Å². The Balaban J connectivity index is 2.76. The van der Waals surface area contributed by atoms with Crippen LogP contribution in [-0.2, 0) is 4.79 Å². The van der Waals surface area contributed by atoms with Crippen molar-refractivity contribution >= 4 is 23.1 Å². The van der Waals surface area contributed by atoms with Crippen molar-refractivity contribution in [1.82, 2.24) is 9.80 Å². The average Bonchev–Trinajstić information content (AvgIpc) is 2.43. The van der Waals surface area contributed by atoms with Gasteiger partial charge in [0.15, 0.2) is 10.9 Å². The third kappa shape index (κ3) is 2.72. The van der Waals surface area contributed by atoms with E-state index in [0.29, 0.717) is 5.56 Å². The standard InChI is InChI=1S/C15H15F3N2OS/c1-9(21)11-12(10-7-5-4-6-8-10)19(2)14(22)20(3)13(11)15(16,17)18/h4-8,12H,1-3H3. The highest BCUT2D eigenvalue weighted by Gasteiger charge is 2.48. The summed E-state index contributed by atoms with van der Waals surface area (Å²) < 4.78 is 40.4. The molecule has 7 heteroatoms. The largest absolute Gasteiger partial charge is 0.431 e. The molecule has 1 aromatic rings. The van der Waals surface area contributed by atoms with E-state index in [-0.39, 0.29) is 10.7 Å². The van der Waals surface area contributed by atoms with E-state index in [1.54, 1.807) is 37.4 Å². The Labute approximate surface area is 132 Å². The van der Waals surface area contributed by atoms with Gasteiger partial charge in [0.25, 0.3) is 0 Å². The summed E-state index contributed by atoms with van der Waals surface area (Å²) in [6.45, 7) is 1.15. The van der Waals surface area contributed by atoms with E-state index in [1.807, 2.05) is 0 Å². The van der Waals surface area contributed by atoms with Crippen LogP contribution >= 0.6 is 12.2 Å². The second-order valence-electron chi connectivity index (χ2n) is 5.08. The molecule has 1 aliphatic rings. The molecule has 22 heavy (non-hydrogen) atoms. The fourth-order valence-corrected chi connectivity index (χ4v) is 2.87. The molecule has 0 aliphatic carbocycles. The molecule has 0 saturated heterocycles. The lowest BCUT2D eigenvalue weighted by Gasteiger charge is -2.43. The smallest absolute Gasteiger partial charge is 0.341 e. The molecule has 1 atom stereocenters. The Kier molecular flexibility index (Phi) is 4.28. The summed E-state index contributed by atoms with van der Waals surface area (Å²) >= 11 is 5.12. The third-order valence-corrected chi connectivity index (χ3v) is 4.16. The zero-order chi connectivity index (χ0) is 16.7. The molecule has 0 amide bonds. The molecule has 0 N–H and O–H groups in total. The zero-order valence-electron chi connectivity index (χ0n) is 12.3. The van der Waals surface area contributed by atoms with Crippen LogP contribution in [0.4, 0.5) is 13.2 Å². The Morgan fingerprint density at radius 1 is 1.18 bits per heavy atom. The molecule has 1 aliphatic heterocycles. The van der Waals surface area contributed by atoms with E-state index in [9.17, 15) is 18.0 Å². The molecule has 0 spiro atoms. The van der Waals surface area contributed by atoms with Crippen LogP contribution in [0.15, 0.2) is 41.6 Å². The van der Waals surface area contributed by atoms with E-state index >= 15 is 0 Å². The Bertz CT molecular complexity index is 640. The highest BCUT2D eigenvalue weighted by Crippen LogP contribution is 2.42. The number of alkyl halides is 3. The van der Waals surface area contributed by atoms with Gasteiger partial charge in [0, 0.05) is 14.1 Å². The minimum absolute atomic E-state index is 0.0196. The van der Waals surface area contributed by atoms with Crippen LogP contribution in [0, 0.1) is 0 Å². The summed E-state index contributed by atoms with van der Waals surface area (Å²) in [6.07, 6.45) is -4.66. The number of halogens is 3. The fourth-order valence-electron chi connectivity index (χ4n) is 2.67. The number of ketones is 1. The zero-order valence-corrected chi connectivity index (χ0v) is 13.1. The summed E-state index contributed by atoms with van der Waals surface area (Å²) in [5.41, 5.74) is -0.693. The molecule has 0 bridgehead atoms. The Hall–Kier alpha value is -1.89. The van der Waals surface area contributed by atoms with Gasteiger partial charge in [-0.1, -0.05) is 30.3 Å². The molecule has 1 heterocycles. The van der Waals surface area contributed by atoms with Gasteiger partial charge >= 0.3 is 6.18 Å². The topological polar surface area (TPSA) is 23.6 Å². The van der Waals surface area contributed by atoms with Gasteiger partial charge in [-0.3, -0.25) is 4.79 Å². The van der Waals surface area contributed by atoms with Gasteiger partial charge in [0.2, 0.25) is 0 Å². The number of hydrogen-bond donors (Lipinski definition) is 0. The molecular weight excluding hydrogens is 313 g/mol. The molecule has 0 radical (unpaired) electrons. The predicted molar refractivity (Wildman–Crippen MR) is 81.1 cm³/mol. The first-order chi connectivity index (χ1) is 10.2. The van der Waals surface area contributed by atoms with E-state index in [2.05, 4.69) is 0 Å². The number of nitrogens with zero attached hydrogens (tertiary/aromatic N) is 2. The Morgan fingerprint density at radius 3 is 2.18 bits per heavy atom. The van der Waals surface area contributed by atoms with Crippen LogP contribution in [0.3, 0.4) is 0 Å². The van der Waals surface area contributed by atoms with Crippen molar-refractivity contribution in [2.45, 2.75) is 19.1 Å². The first-order valence-corrected chi connectivity index (χ1v) is 6.94. The molecule has 2 rings (SSSR count). The quantitative estimate of drug-likeness (QED) is 0.777. The number of Topliss-reactive ketones (excluding diaryl/α,β-unsaturated/α-hetero) is 1. The molecular formula is C15H15F3N2OS. The van der Waals surface area contributed by atoms with Gasteiger partial charge in [-0.25, -0.2) is 0 Å². The van der Waals surface area contributed by atoms with Gasteiger partial charge in [-0.15, -0.1) is 0 Å². The van der Waals surface area contributed by atoms with Gasteiger partial charge in [0.1, 0.15) is 5.70 Å². The molecule has 0 fully saturated rings. The van der Waals surface area contributed by atoms with Crippen molar-refractivity contribution in [3.63, 3.8) is 0 Å². The lowest BCUT2D eigenvalue weighted by molar-refractivity contribution is -0.120. The first kappa shape index (κ1) is 16.5. The SMILES string of the molecule is CC(=O)C1=C(C(F)(F)F)N(C)C(=S)N(C)C1c1ccccc1. The molecule has 1 unspecified atom stereocenters. The van der Waals surface area contributed by atoms with E-state index in [0.717, 1.165) is 11.8 Å². The molecule has 3 nitrogen and oxygen atoms in total. The van der Waals surface area contributed by atoms with Crippen LogP contribution in [0.1, 0.15) is 18.5 Å². The summed E-state index contributed by atoms with van der Waals surface area (Å²) in [6, 6.07) is 7.72. The number of likely N-dealkylation sites (N-methyl/N-ethyl adjacent to an activating group) is 1. The van der Waals surface area contributed by atoms with E-state index in [4.69, 9.17) is 12.2 Å². The van der Waals surface area contributed by atoms with E-state index < -0.39 is 23.7 Å². The fraction of sp³-hybridized carbons (Fsp3) is 0.333. The van der Waals surface area contributed by atoms with Gasteiger partial charge in [0.05, 0.1) is 11.6 Å². The van der Waals surface area contributed by atoms with Crippen LogP contribution in [0.2, 0.25) is 0 Å². The third-order valence-electron chi connectivity index (χ3n) is 3.60. The van der Waals surface area contributed by atoms with Gasteiger partial charge in [-0.05, 0) is 24.7 Å². The lowest BCUT2D eigenvalue weighted by Crippen LogP contribution is -2.50. The highest BCUT2D eigenvalue weighted by molar-refractivity contribution is 7.80. The summed E-state index contributed by atoms with van der Waals surface area (Å²) in [5, 5.41) is 0.0196. The monoisotopic (exact) mass is 328 g/mol. The molecule has 1 aromatic carbocycles. The van der Waals surface area contributed by atoms with Gasteiger partial charge < -0.3 is 9.80 Å². The van der Waals surface area contributed by atoms with Crippen molar-refractivity contribution in [1.29, 1.82) is 0 Å². The summed E-state index contributed by atoms with van der Waals surface area (Å²) in [4.78, 5) is 14.3. The second-order valence-corrected chi connectivity index (χ2v) is 5.45. The van der Waals surface area contributed by atoms with Crippen molar-refractivity contribution in [2.75, 3.05) is 14.1 Å². The predicted octanol–water partition coefficient (Wildman–Crippen LogP) is 3.30. The maximum Gasteiger partial charge on any atom is 0.431 e. The highest BCUT2D eigenvalue weighted by atomic mass is 32.1. The number of rotatable bonds is 2. The van der Waals surface area contributed by atoms with Crippen molar-refractivity contribution in [3.8, 4) is 0 Å². The van der Waals surface area contributed by atoms with Crippen LogP contribution in [0.25, 0.3) is 0 Å². The summed E-state index contributed by atoms with van der Waals surface area (Å²) in [7, 11) is 2.82.